The Labute approximate surface area is 150 Å². The molecule has 1 amide bonds. The highest BCUT2D eigenvalue weighted by Crippen LogP contribution is 2.73. The van der Waals surface area contributed by atoms with E-state index in [9.17, 15) is 39.6 Å². The standard InChI is InChI=1S/C15H14F6N2O3S/c1-27(25,26)23-10-4-8(14(16,17)18)2-3-9(10)11(24)22-13-5-12(6-13,7-13)15(19,20)21/h2-4,23H,5-7H2,1H3,(H,22,24). The first kappa shape index (κ1) is 19.8. The van der Waals surface area contributed by atoms with Crippen molar-refractivity contribution in [3.05, 3.63) is 29.3 Å². The molecule has 0 saturated heterocycles. The lowest BCUT2D eigenvalue weighted by atomic mass is 9.39. The van der Waals surface area contributed by atoms with Crippen LogP contribution in [-0.4, -0.2) is 32.3 Å². The summed E-state index contributed by atoms with van der Waals surface area (Å²) in [5.41, 5.74) is -5.04. The molecular formula is C15H14F6N2O3S. The van der Waals surface area contributed by atoms with Crippen LogP contribution in [0, 0.1) is 5.41 Å². The number of carbonyl (C=O) groups is 1. The van der Waals surface area contributed by atoms with Gasteiger partial charge in [0.2, 0.25) is 10.0 Å². The smallest absolute Gasteiger partial charge is 0.346 e. The third-order valence-electron chi connectivity index (χ3n) is 4.90. The predicted octanol–water partition coefficient (Wildman–Crippen LogP) is 3.29. The van der Waals surface area contributed by atoms with E-state index in [0.717, 1.165) is 6.07 Å². The molecule has 4 rings (SSSR count). The Kier molecular flexibility index (Phi) is 4.04. The Morgan fingerprint density at radius 3 is 2.07 bits per heavy atom. The molecule has 0 aliphatic heterocycles. The van der Waals surface area contributed by atoms with Crippen molar-refractivity contribution in [2.45, 2.75) is 37.2 Å². The van der Waals surface area contributed by atoms with E-state index in [1.165, 1.54) is 0 Å². The third kappa shape index (κ3) is 3.46. The molecule has 2 N–H and O–H groups in total. The summed E-state index contributed by atoms with van der Waals surface area (Å²) in [6.45, 7) is 0. The van der Waals surface area contributed by atoms with Crippen LogP contribution in [0.3, 0.4) is 0 Å². The molecule has 1 aromatic rings. The van der Waals surface area contributed by atoms with Crippen LogP contribution in [0.2, 0.25) is 0 Å². The van der Waals surface area contributed by atoms with E-state index in [2.05, 4.69) is 5.32 Å². The van der Waals surface area contributed by atoms with Gasteiger partial charge in [-0.25, -0.2) is 8.42 Å². The van der Waals surface area contributed by atoms with Gasteiger partial charge in [-0.05, 0) is 37.5 Å². The number of sulfonamides is 1. The van der Waals surface area contributed by atoms with Gasteiger partial charge in [0.1, 0.15) is 0 Å². The number of hydrogen-bond donors (Lipinski definition) is 2. The van der Waals surface area contributed by atoms with Crippen molar-refractivity contribution in [1.82, 2.24) is 5.32 Å². The molecule has 0 unspecified atom stereocenters. The SMILES string of the molecule is CS(=O)(=O)Nc1cc(C(F)(F)F)ccc1C(=O)NC12CC(C(F)(F)F)(C1)C2. The van der Waals surface area contributed by atoms with Gasteiger partial charge in [0.05, 0.1) is 28.5 Å². The van der Waals surface area contributed by atoms with Gasteiger partial charge in [-0.3, -0.25) is 9.52 Å². The van der Waals surface area contributed by atoms with E-state index in [1.807, 2.05) is 4.72 Å². The Hall–Kier alpha value is -1.98. The number of alkyl halides is 6. The molecule has 3 aliphatic rings. The number of carbonyl (C=O) groups excluding carboxylic acids is 1. The molecule has 0 spiro atoms. The van der Waals surface area contributed by atoms with Crippen molar-refractivity contribution in [1.29, 1.82) is 0 Å². The highest BCUT2D eigenvalue weighted by atomic mass is 32.2. The summed E-state index contributed by atoms with van der Waals surface area (Å²) < 4.78 is 102. The van der Waals surface area contributed by atoms with Gasteiger partial charge in [-0.15, -0.1) is 0 Å². The molecular weight excluding hydrogens is 402 g/mol. The fourth-order valence-electron chi connectivity index (χ4n) is 3.73. The largest absolute Gasteiger partial charge is 0.416 e. The van der Waals surface area contributed by atoms with Crippen LogP contribution >= 0.6 is 0 Å². The first-order valence-corrected chi connectivity index (χ1v) is 9.53. The normalized spacial score (nSPS) is 27.4. The minimum absolute atomic E-state index is 0.301. The van der Waals surface area contributed by atoms with E-state index in [-0.39, 0.29) is 19.3 Å². The second kappa shape index (κ2) is 5.52. The van der Waals surface area contributed by atoms with Crippen LogP contribution in [0.25, 0.3) is 0 Å². The van der Waals surface area contributed by atoms with Crippen molar-refractivity contribution >= 4 is 21.6 Å². The van der Waals surface area contributed by atoms with Crippen molar-refractivity contribution in [2.75, 3.05) is 11.0 Å². The predicted molar refractivity (Wildman–Crippen MR) is 82.4 cm³/mol. The molecule has 2 bridgehead atoms. The average molecular weight is 416 g/mol. The summed E-state index contributed by atoms with van der Waals surface area (Å²) in [7, 11) is -4.00. The van der Waals surface area contributed by atoms with Gasteiger partial charge in [-0.2, -0.15) is 26.3 Å². The number of benzene rings is 1. The number of amides is 1. The quantitative estimate of drug-likeness (QED) is 0.740. The van der Waals surface area contributed by atoms with Crippen molar-refractivity contribution in [2.24, 2.45) is 5.41 Å². The van der Waals surface area contributed by atoms with E-state index in [0.29, 0.717) is 18.4 Å². The molecule has 3 aliphatic carbocycles. The second-order valence-electron chi connectivity index (χ2n) is 7.18. The Morgan fingerprint density at radius 1 is 1.07 bits per heavy atom. The summed E-state index contributed by atoms with van der Waals surface area (Å²) in [5.74, 6) is -0.939. The molecule has 5 nitrogen and oxygen atoms in total. The summed E-state index contributed by atoms with van der Waals surface area (Å²) in [5, 5.41) is 2.40. The van der Waals surface area contributed by atoms with Crippen LogP contribution < -0.4 is 10.0 Å². The Morgan fingerprint density at radius 2 is 1.63 bits per heavy atom. The van der Waals surface area contributed by atoms with Crippen LogP contribution in [0.4, 0.5) is 32.0 Å². The topological polar surface area (TPSA) is 75.3 Å². The molecule has 0 heterocycles. The number of halogens is 6. The molecule has 3 fully saturated rings. The summed E-state index contributed by atoms with van der Waals surface area (Å²) in [6.07, 6.45) is -9.35. The minimum Gasteiger partial charge on any atom is -0.346 e. The van der Waals surface area contributed by atoms with Crippen LogP contribution in [0.5, 0.6) is 0 Å². The van der Waals surface area contributed by atoms with Gasteiger partial charge < -0.3 is 5.32 Å². The van der Waals surface area contributed by atoms with Crippen molar-refractivity contribution in [3.8, 4) is 0 Å². The maximum Gasteiger partial charge on any atom is 0.416 e. The van der Waals surface area contributed by atoms with Crippen molar-refractivity contribution < 1.29 is 39.6 Å². The van der Waals surface area contributed by atoms with Crippen LogP contribution in [0.1, 0.15) is 35.2 Å². The molecule has 1 aromatic carbocycles. The molecule has 0 radical (unpaired) electrons. The van der Waals surface area contributed by atoms with Gasteiger partial charge >= 0.3 is 12.4 Å². The monoisotopic (exact) mass is 416 g/mol. The van der Waals surface area contributed by atoms with E-state index >= 15 is 0 Å². The summed E-state index contributed by atoms with van der Waals surface area (Å²) in [4.78, 5) is 12.4. The highest BCUT2D eigenvalue weighted by molar-refractivity contribution is 7.92. The summed E-state index contributed by atoms with van der Waals surface area (Å²) in [6, 6.07) is 1.85. The van der Waals surface area contributed by atoms with E-state index in [4.69, 9.17) is 0 Å². The van der Waals surface area contributed by atoms with Gasteiger partial charge in [0, 0.05) is 5.54 Å². The first-order chi connectivity index (χ1) is 12.1. The number of nitrogens with one attached hydrogen (secondary N) is 2. The molecule has 3 saturated carbocycles. The van der Waals surface area contributed by atoms with E-state index in [1.54, 1.807) is 0 Å². The van der Waals surface area contributed by atoms with Gasteiger partial charge in [0.15, 0.2) is 0 Å². The second-order valence-corrected chi connectivity index (χ2v) is 8.92. The molecule has 0 atom stereocenters. The highest BCUT2D eigenvalue weighted by Gasteiger charge is 2.79. The zero-order valence-electron chi connectivity index (χ0n) is 13.8. The zero-order valence-corrected chi connectivity index (χ0v) is 14.6. The molecule has 150 valence electrons. The van der Waals surface area contributed by atoms with Crippen LogP contribution in [-0.2, 0) is 16.2 Å². The molecule has 27 heavy (non-hydrogen) atoms. The number of rotatable bonds is 4. The first-order valence-electron chi connectivity index (χ1n) is 7.64. The summed E-state index contributed by atoms with van der Waals surface area (Å²) >= 11 is 0. The lowest BCUT2D eigenvalue weighted by Crippen LogP contribution is -2.78. The van der Waals surface area contributed by atoms with Crippen molar-refractivity contribution in [3.63, 3.8) is 0 Å². The maximum atomic E-state index is 12.9. The molecule has 0 aromatic heterocycles. The van der Waals surface area contributed by atoms with Crippen LogP contribution in [0.15, 0.2) is 18.2 Å². The Balaban J connectivity index is 1.83. The zero-order chi connectivity index (χ0) is 20.5. The number of hydrogen-bond acceptors (Lipinski definition) is 3. The lowest BCUT2D eigenvalue weighted by Gasteiger charge is -2.70. The van der Waals surface area contributed by atoms with Gasteiger partial charge in [-0.1, -0.05) is 0 Å². The fraction of sp³-hybridized carbons (Fsp3) is 0.533. The average Bonchev–Trinajstić information content (AvgIpc) is 2.36. The van der Waals surface area contributed by atoms with E-state index < -0.39 is 56.1 Å². The van der Waals surface area contributed by atoms with Gasteiger partial charge in [0.25, 0.3) is 5.91 Å². The minimum atomic E-state index is -4.77. The third-order valence-corrected chi connectivity index (χ3v) is 5.49. The molecule has 12 heteroatoms. The number of anilines is 1. The lowest BCUT2D eigenvalue weighted by molar-refractivity contribution is -0.336. The maximum absolute atomic E-state index is 12.9. The fourth-order valence-corrected chi connectivity index (χ4v) is 4.30. The Bertz CT molecular complexity index is 887.